The molecule has 7 heteroatoms. The van der Waals surface area contributed by atoms with E-state index in [9.17, 15) is 9.18 Å². The maximum absolute atomic E-state index is 13.4. The Kier molecular flexibility index (Phi) is 6.13. The molecule has 0 aliphatic carbocycles. The largest absolute Gasteiger partial charge is 0.376 e. The zero-order valence-electron chi connectivity index (χ0n) is 16.6. The molecule has 0 saturated heterocycles. The van der Waals surface area contributed by atoms with Crippen LogP contribution in [0.25, 0.3) is 16.9 Å². The third-order valence-electron chi connectivity index (χ3n) is 4.50. The second-order valence-electron chi connectivity index (χ2n) is 6.73. The molecule has 3 aromatic carbocycles. The number of nitrogens with zero attached hydrogens (tertiary/aromatic N) is 3. The van der Waals surface area contributed by atoms with E-state index in [2.05, 4.69) is 20.9 Å². The van der Waals surface area contributed by atoms with Crippen molar-refractivity contribution < 1.29 is 9.18 Å². The first kappa shape index (κ1) is 20.0. The number of carbonyl (C=O) groups excluding carboxylic acids is 1. The van der Waals surface area contributed by atoms with E-state index in [-0.39, 0.29) is 18.3 Å². The maximum atomic E-state index is 13.4. The molecule has 0 atom stereocenters. The number of carbonyl (C=O) groups is 1. The zero-order valence-corrected chi connectivity index (χ0v) is 16.6. The van der Waals surface area contributed by atoms with Crippen molar-refractivity contribution in [3.8, 4) is 16.9 Å². The highest BCUT2D eigenvalue weighted by Gasteiger charge is 2.11. The van der Waals surface area contributed by atoms with Gasteiger partial charge in [-0.1, -0.05) is 36.4 Å². The Hall–Kier alpha value is -4.26. The van der Waals surface area contributed by atoms with Gasteiger partial charge in [0, 0.05) is 23.0 Å². The van der Waals surface area contributed by atoms with Gasteiger partial charge >= 0.3 is 0 Å². The highest BCUT2D eigenvalue weighted by molar-refractivity contribution is 5.90. The fraction of sp³-hybridized carbons (Fsp3) is 0.0417. The minimum Gasteiger partial charge on any atom is -0.376 e. The van der Waals surface area contributed by atoms with Crippen molar-refractivity contribution in [1.29, 1.82) is 0 Å². The number of aromatic nitrogens is 2. The summed E-state index contributed by atoms with van der Waals surface area (Å²) in [5.41, 5.74) is 6.30. The molecule has 4 rings (SSSR count). The van der Waals surface area contributed by atoms with Crippen LogP contribution in [0.4, 0.5) is 10.1 Å². The second-order valence-corrected chi connectivity index (χ2v) is 6.73. The first-order valence-corrected chi connectivity index (χ1v) is 9.71. The van der Waals surface area contributed by atoms with Gasteiger partial charge in [-0.05, 0) is 48.5 Å². The fourth-order valence-electron chi connectivity index (χ4n) is 2.98. The molecule has 1 aromatic heterocycles. The normalized spacial score (nSPS) is 10.9. The molecular formula is C24H20FN5O. The van der Waals surface area contributed by atoms with Gasteiger partial charge in [0.05, 0.1) is 18.4 Å². The van der Waals surface area contributed by atoms with Crippen molar-refractivity contribution in [3.63, 3.8) is 0 Å². The monoisotopic (exact) mass is 413 g/mol. The Bertz CT molecular complexity index is 1170. The van der Waals surface area contributed by atoms with Crippen molar-refractivity contribution in [1.82, 2.24) is 15.2 Å². The molecule has 0 bridgehead atoms. The van der Waals surface area contributed by atoms with Crippen LogP contribution in [0.1, 0.15) is 5.56 Å². The number of rotatable bonds is 7. The summed E-state index contributed by atoms with van der Waals surface area (Å²) in [4.78, 5) is 12.1. The predicted octanol–water partition coefficient (Wildman–Crippen LogP) is 4.24. The summed E-state index contributed by atoms with van der Waals surface area (Å²) >= 11 is 0. The molecule has 4 aromatic rings. The summed E-state index contributed by atoms with van der Waals surface area (Å²) in [6.07, 6.45) is 3.34. The number of para-hydroxylation sites is 2. The average molecular weight is 413 g/mol. The summed E-state index contributed by atoms with van der Waals surface area (Å²) in [6.45, 7) is 0.0927. The van der Waals surface area contributed by atoms with Crippen LogP contribution in [0, 0.1) is 5.82 Å². The number of nitrogens with one attached hydrogen (secondary N) is 2. The third kappa shape index (κ3) is 5.22. The third-order valence-corrected chi connectivity index (χ3v) is 4.50. The van der Waals surface area contributed by atoms with E-state index < -0.39 is 0 Å². The van der Waals surface area contributed by atoms with Gasteiger partial charge < -0.3 is 5.32 Å². The predicted molar refractivity (Wildman–Crippen MR) is 120 cm³/mol. The summed E-state index contributed by atoms with van der Waals surface area (Å²) in [7, 11) is 0. The SMILES string of the molecule is O=C(CNc1ccccc1)N/N=C\c1cn(-c2ccccc2)nc1-c1ccc(F)cc1. The van der Waals surface area contributed by atoms with Crippen LogP contribution in [0.5, 0.6) is 0 Å². The number of hydrogen-bond acceptors (Lipinski definition) is 4. The highest BCUT2D eigenvalue weighted by Crippen LogP contribution is 2.23. The molecule has 2 N–H and O–H groups in total. The lowest BCUT2D eigenvalue weighted by Crippen LogP contribution is -2.25. The molecule has 0 unspecified atom stereocenters. The van der Waals surface area contributed by atoms with Gasteiger partial charge in [0.25, 0.3) is 5.91 Å². The van der Waals surface area contributed by atoms with Gasteiger partial charge in [0.1, 0.15) is 11.5 Å². The molecule has 0 saturated carbocycles. The molecular weight excluding hydrogens is 393 g/mol. The topological polar surface area (TPSA) is 71.3 Å². The molecule has 0 spiro atoms. The van der Waals surface area contributed by atoms with Crippen LogP contribution in [0.2, 0.25) is 0 Å². The van der Waals surface area contributed by atoms with E-state index in [1.165, 1.54) is 18.3 Å². The van der Waals surface area contributed by atoms with Crippen LogP contribution in [-0.2, 0) is 4.79 Å². The van der Waals surface area contributed by atoms with Crippen molar-refractivity contribution in [2.45, 2.75) is 0 Å². The molecule has 6 nitrogen and oxygen atoms in total. The van der Waals surface area contributed by atoms with Gasteiger partial charge in [0.2, 0.25) is 0 Å². The molecule has 154 valence electrons. The Morgan fingerprint density at radius 2 is 1.65 bits per heavy atom. The lowest BCUT2D eigenvalue weighted by molar-refractivity contribution is -0.119. The van der Waals surface area contributed by atoms with Crippen molar-refractivity contribution >= 4 is 17.8 Å². The molecule has 31 heavy (non-hydrogen) atoms. The number of halogens is 1. The summed E-state index contributed by atoms with van der Waals surface area (Å²) in [5.74, 6) is -0.599. The molecule has 1 amide bonds. The van der Waals surface area contributed by atoms with Crippen LogP contribution in [0.3, 0.4) is 0 Å². The van der Waals surface area contributed by atoms with Gasteiger partial charge in [0.15, 0.2) is 0 Å². The van der Waals surface area contributed by atoms with E-state index >= 15 is 0 Å². The summed E-state index contributed by atoms with van der Waals surface area (Å²) in [5, 5.41) is 11.7. The lowest BCUT2D eigenvalue weighted by Gasteiger charge is -2.04. The van der Waals surface area contributed by atoms with Crippen LogP contribution >= 0.6 is 0 Å². The van der Waals surface area contributed by atoms with Gasteiger partial charge in [-0.15, -0.1) is 0 Å². The first-order chi connectivity index (χ1) is 15.2. The number of amides is 1. The number of benzene rings is 3. The van der Waals surface area contributed by atoms with E-state index in [1.54, 1.807) is 16.8 Å². The first-order valence-electron chi connectivity index (χ1n) is 9.71. The number of hydrogen-bond donors (Lipinski definition) is 2. The van der Waals surface area contributed by atoms with Gasteiger partial charge in [-0.3, -0.25) is 4.79 Å². The smallest absolute Gasteiger partial charge is 0.259 e. The maximum Gasteiger partial charge on any atom is 0.259 e. The summed E-state index contributed by atoms with van der Waals surface area (Å²) in [6, 6.07) is 25.2. The Morgan fingerprint density at radius 1 is 0.968 bits per heavy atom. The molecule has 0 fully saturated rings. The van der Waals surface area contributed by atoms with Crippen LogP contribution < -0.4 is 10.7 Å². The molecule has 0 aliphatic rings. The Balaban J connectivity index is 1.51. The standard InChI is InChI=1S/C24H20FN5O/c25-20-13-11-18(12-14-20)24-19(17-30(29-24)22-9-5-2-6-10-22)15-27-28-23(31)16-26-21-7-3-1-4-8-21/h1-15,17,26H,16H2,(H,28,31)/b27-15-. The lowest BCUT2D eigenvalue weighted by atomic mass is 10.1. The van der Waals surface area contributed by atoms with Crippen molar-refractivity contribution in [3.05, 3.63) is 103 Å². The average Bonchev–Trinajstić information content (AvgIpc) is 3.24. The molecule has 1 heterocycles. The van der Waals surface area contributed by atoms with E-state index in [1.807, 2.05) is 66.9 Å². The van der Waals surface area contributed by atoms with E-state index in [0.29, 0.717) is 11.3 Å². The van der Waals surface area contributed by atoms with E-state index in [4.69, 9.17) is 0 Å². The van der Waals surface area contributed by atoms with Crippen LogP contribution in [-0.4, -0.2) is 28.4 Å². The van der Waals surface area contributed by atoms with Crippen molar-refractivity contribution in [2.24, 2.45) is 5.10 Å². The van der Waals surface area contributed by atoms with Crippen molar-refractivity contribution in [2.75, 3.05) is 11.9 Å². The van der Waals surface area contributed by atoms with Crippen LogP contribution in [0.15, 0.2) is 96.2 Å². The minimum absolute atomic E-state index is 0.0927. The minimum atomic E-state index is -0.320. The number of anilines is 1. The quantitative estimate of drug-likeness (QED) is 0.352. The molecule has 0 aliphatic heterocycles. The summed E-state index contributed by atoms with van der Waals surface area (Å²) < 4.78 is 15.1. The Morgan fingerprint density at radius 3 is 2.35 bits per heavy atom. The van der Waals surface area contributed by atoms with Gasteiger partial charge in [-0.25, -0.2) is 14.5 Å². The zero-order chi connectivity index (χ0) is 21.5. The molecule has 0 radical (unpaired) electrons. The van der Waals surface area contributed by atoms with Gasteiger partial charge in [-0.2, -0.15) is 10.2 Å². The fourth-order valence-corrected chi connectivity index (χ4v) is 2.98. The Labute approximate surface area is 179 Å². The van der Waals surface area contributed by atoms with E-state index in [0.717, 1.165) is 16.9 Å². The number of hydrazone groups is 1. The second kappa shape index (κ2) is 9.49. The highest BCUT2D eigenvalue weighted by atomic mass is 19.1.